The van der Waals surface area contributed by atoms with Gasteiger partial charge >= 0.3 is 0 Å². The van der Waals surface area contributed by atoms with Crippen LogP contribution in [0.4, 0.5) is 5.82 Å². The molecule has 0 bridgehead atoms. The molecular formula is C9H8BrN3. The molecular weight excluding hydrogens is 230 g/mol. The SMILES string of the molecule is N#Cc1cnc(NC2CC2)c(Br)c1. The maximum atomic E-state index is 8.62. The molecule has 3 nitrogen and oxygen atoms in total. The molecule has 0 amide bonds. The molecule has 2 rings (SSSR count). The molecule has 66 valence electrons. The van der Waals surface area contributed by atoms with Crippen molar-refractivity contribution in [3.05, 3.63) is 22.3 Å². The van der Waals surface area contributed by atoms with Crippen molar-refractivity contribution >= 4 is 21.7 Å². The fourth-order valence-electron chi connectivity index (χ4n) is 1.03. The smallest absolute Gasteiger partial charge is 0.140 e. The predicted molar refractivity (Wildman–Crippen MR) is 53.3 cm³/mol. The maximum Gasteiger partial charge on any atom is 0.140 e. The Kier molecular flexibility index (Phi) is 2.19. The average molecular weight is 238 g/mol. The van der Waals surface area contributed by atoms with E-state index < -0.39 is 0 Å². The van der Waals surface area contributed by atoms with Crippen molar-refractivity contribution < 1.29 is 0 Å². The number of nitrogens with one attached hydrogen (secondary N) is 1. The first-order chi connectivity index (χ1) is 6.29. The van der Waals surface area contributed by atoms with Crippen molar-refractivity contribution in [2.24, 2.45) is 0 Å². The number of rotatable bonds is 2. The molecule has 0 spiro atoms. The van der Waals surface area contributed by atoms with E-state index in [1.807, 2.05) is 6.07 Å². The molecule has 1 fully saturated rings. The molecule has 13 heavy (non-hydrogen) atoms. The van der Waals surface area contributed by atoms with Gasteiger partial charge in [0.15, 0.2) is 0 Å². The van der Waals surface area contributed by atoms with Crippen molar-refractivity contribution in [2.75, 3.05) is 5.32 Å². The minimum absolute atomic E-state index is 0.577. The number of hydrogen-bond donors (Lipinski definition) is 1. The van der Waals surface area contributed by atoms with Crippen molar-refractivity contribution in [3.63, 3.8) is 0 Å². The first kappa shape index (κ1) is 8.52. The van der Waals surface area contributed by atoms with Gasteiger partial charge in [0.05, 0.1) is 10.0 Å². The van der Waals surface area contributed by atoms with E-state index in [0.29, 0.717) is 11.6 Å². The van der Waals surface area contributed by atoms with E-state index in [1.54, 1.807) is 12.3 Å². The highest BCUT2D eigenvalue weighted by atomic mass is 79.9. The van der Waals surface area contributed by atoms with Gasteiger partial charge in [-0.2, -0.15) is 5.26 Å². The Hall–Kier alpha value is -1.08. The summed E-state index contributed by atoms with van der Waals surface area (Å²) < 4.78 is 0.860. The Morgan fingerprint density at radius 3 is 2.92 bits per heavy atom. The van der Waals surface area contributed by atoms with Gasteiger partial charge in [0, 0.05) is 12.2 Å². The molecule has 1 aromatic rings. The van der Waals surface area contributed by atoms with Crippen LogP contribution < -0.4 is 5.32 Å². The summed E-state index contributed by atoms with van der Waals surface area (Å²) in [5, 5.41) is 11.9. The van der Waals surface area contributed by atoms with Gasteiger partial charge in [-0.05, 0) is 34.8 Å². The van der Waals surface area contributed by atoms with E-state index in [-0.39, 0.29) is 0 Å². The van der Waals surface area contributed by atoms with Gasteiger partial charge in [0.1, 0.15) is 11.9 Å². The largest absolute Gasteiger partial charge is 0.366 e. The lowest BCUT2D eigenvalue weighted by Crippen LogP contribution is -2.03. The Labute approximate surface area is 84.9 Å². The van der Waals surface area contributed by atoms with Crippen LogP contribution in [-0.4, -0.2) is 11.0 Å². The van der Waals surface area contributed by atoms with Crippen LogP contribution in [0.2, 0.25) is 0 Å². The summed E-state index contributed by atoms with van der Waals surface area (Å²) in [4.78, 5) is 4.15. The van der Waals surface area contributed by atoms with Crippen molar-refractivity contribution in [1.29, 1.82) is 5.26 Å². The van der Waals surface area contributed by atoms with Crippen LogP contribution in [0.1, 0.15) is 18.4 Å². The van der Waals surface area contributed by atoms with E-state index in [4.69, 9.17) is 5.26 Å². The number of pyridine rings is 1. The quantitative estimate of drug-likeness (QED) is 0.859. The van der Waals surface area contributed by atoms with Crippen LogP contribution in [0.3, 0.4) is 0 Å². The summed E-state index contributed by atoms with van der Waals surface area (Å²) >= 11 is 3.37. The van der Waals surface area contributed by atoms with Crippen molar-refractivity contribution in [2.45, 2.75) is 18.9 Å². The molecule has 4 heteroatoms. The molecule has 1 heterocycles. The predicted octanol–water partition coefficient (Wildman–Crippen LogP) is 2.29. The lowest BCUT2D eigenvalue weighted by Gasteiger charge is -2.04. The first-order valence-electron chi connectivity index (χ1n) is 4.12. The summed E-state index contributed by atoms with van der Waals surface area (Å²) in [6.07, 6.45) is 4.01. The molecule has 0 atom stereocenters. The molecule has 1 aliphatic carbocycles. The summed E-state index contributed by atoms with van der Waals surface area (Å²) in [6.45, 7) is 0. The van der Waals surface area contributed by atoms with Crippen LogP contribution in [0.25, 0.3) is 0 Å². The second kappa shape index (κ2) is 3.35. The Morgan fingerprint density at radius 2 is 2.38 bits per heavy atom. The van der Waals surface area contributed by atoms with E-state index in [0.717, 1.165) is 10.3 Å². The van der Waals surface area contributed by atoms with Gasteiger partial charge in [-0.1, -0.05) is 0 Å². The molecule has 0 radical (unpaired) electrons. The third-order valence-corrected chi connectivity index (χ3v) is 2.49. The highest BCUT2D eigenvalue weighted by molar-refractivity contribution is 9.10. The van der Waals surface area contributed by atoms with Crippen LogP contribution in [0.5, 0.6) is 0 Å². The third-order valence-electron chi connectivity index (χ3n) is 1.89. The van der Waals surface area contributed by atoms with Crippen LogP contribution in [0.15, 0.2) is 16.7 Å². The van der Waals surface area contributed by atoms with Crippen LogP contribution in [-0.2, 0) is 0 Å². The lowest BCUT2D eigenvalue weighted by atomic mass is 10.3. The summed E-state index contributed by atoms with van der Waals surface area (Å²) in [5.74, 6) is 0.835. The Morgan fingerprint density at radius 1 is 1.62 bits per heavy atom. The van der Waals surface area contributed by atoms with Crippen molar-refractivity contribution in [1.82, 2.24) is 4.98 Å². The zero-order valence-electron chi connectivity index (χ0n) is 6.92. The maximum absolute atomic E-state index is 8.62. The second-order valence-corrected chi connectivity index (χ2v) is 3.94. The summed E-state index contributed by atoms with van der Waals surface area (Å²) in [5.41, 5.74) is 0.577. The molecule has 0 unspecified atom stereocenters. The number of anilines is 1. The van der Waals surface area contributed by atoms with Crippen molar-refractivity contribution in [3.8, 4) is 6.07 Å². The van der Waals surface area contributed by atoms with Gasteiger partial charge in [-0.15, -0.1) is 0 Å². The zero-order valence-corrected chi connectivity index (χ0v) is 8.50. The molecule has 1 saturated carbocycles. The van der Waals surface area contributed by atoms with Gasteiger partial charge in [-0.3, -0.25) is 0 Å². The highest BCUT2D eigenvalue weighted by Gasteiger charge is 2.22. The molecule has 1 aliphatic rings. The Bertz CT molecular complexity index is 366. The third kappa shape index (κ3) is 1.99. The minimum Gasteiger partial charge on any atom is -0.366 e. The molecule has 1 N–H and O–H groups in total. The minimum atomic E-state index is 0.577. The molecule has 1 aromatic heterocycles. The van der Waals surface area contributed by atoms with Crippen LogP contribution in [0, 0.1) is 11.3 Å². The topological polar surface area (TPSA) is 48.7 Å². The normalized spacial score (nSPS) is 15.1. The summed E-state index contributed by atoms with van der Waals surface area (Å²) in [6, 6.07) is 4.40. The van der Waals surface area contributed by atoms with Gasteiger partial charge in [0.25, 0.3) is 0 Å². The van der Waals surface area contributed by atoms with E-state index in [9.17, 15) is 0 Å². The van der Waals surface area contributed by atoms with E-state index >= 15 is 0 Å². The fourth-order valence-corrected chi connectivity index (χ4v) is 1.49. The standard InChI is InChI=1S/C9H8BrN3/c10-8-3-6(4-11)5-12-9(8)13-7-1-2-7/h3,5,7H,1-2H2,(H,12,13). The van der Waals surface area contributed by atoms with Gasteiger partial charge < -0.3 is 5.32 Å². The summed E-state index contributed by atoms with van der Waals surface area (Å²) in [7, 11) is 0. The molecule has 0 saturated heterocycles. The monoisotopic (exact) mass is 237 g/mol. The fraction of sp³-hybridized carbons (Fsp3) is 0.333. The van der Waals surface area contributed by atoms with Crippen LogP contribution >= 0.6 is 15.9 Å². The number of aromatic nitrogens is 1. The second-order valence-electron chi connectivity index (χ2n) is 3.08. The zero-order chi connectivity index (χ0) is 9.26. The lowest BCUT2D eigenvalue weighted by molar-refractivity contribution is 1.10. The van der Waals surface area contributed by atoms with Gasteiger partial charge in [-0.25, -0.2) is 4.98 Å². The number of nitriles is 1. The molecule has 0 aromatic carbocycles. The first-order valence-corrected chi connectivity index (χ1v) is 4.91. The number of hydrogen-bond acceptors (Lipinski definition) is 3. The molecule has 0 aliphatic heterocycles. The number of nitrogens with zero attached hydrogens (tertiary/aromatic N) is 2. The highest BCUT2D eigenvalue weighted by Crippen LogP contribution is 2.28. The van der Waals surface area contributed by atoms with E-state index in [2.05, 4.69) is 26.2 Å². The van der Waals surface area contributed by atoms with Gasteiger partial charge in [0.2, 0.25) is 0 Å². The Balaban J connectivity index is 2.21. The average Bonchev–Trinajstić information content (AvgIpc) is 2.92. The van der Waals surface area contributed by atoms with E-state index in [1.165, 1.54) is 12.8 Å². The number of halogens is 1.